The van der Waals surface area contributed by atoms with Crippen molar-refractivity contribution in [3.8, 4) is 0 Å². The number of ketones is 2. The van der Waals surface area contributed by atoms with Gasteiger partial charge >= 0.3 is 5.97 Å². The summed E-state index contributed by atoms with van der Waals surface area (Å²) in [7, 11) is 0. The normalized spacial score (nSPS) is 10.5. The average Bonchev–Trinajstić information content (AvgIpc) is 3.02. The second kappa shape index (κ2) is 8.69. The van der Waals surface area contributed by atoms with Crippen molar-refractivity contribution in [2.75, 3.05) is 11.9 Å². The average molecular weight is 409 g/mol. The minimum atomic E-state index is -0.789. The molecular formula is C22H20FN3O4. The lowest BCUT2D eigenvalue weighted by atomic mass is 10.1. The lowest BCUT2D eigenvalue weighted by Gasteiger charge is -2.11. The SMILES string of the molecule is CC(=O)c1c(C)[nH]c(C(=O)COC(=O)c2cccnc2Nc2ccccc2F)c1C. The van der Waals surface area contributed by atoms with E-state index in [1.54, 1.807) is 26.0 Å². The fourth-order valence-corrected chi connectivity index (χ4v) is 3.20. The molecule has 0 bridgehead atoms. The maximum absolute atomic E-state index is 13.9. The van der Waals surface area contributed by atoms with Gasteiger partial charge in [-0.15, -0.1) is 0 Å². The van der Waals surface area contributed by atoms with Crippen molar-refractivity contribution in [1.82, 2.24) is 9.97 Å². The first-order chi connectivity index (χ1) is 14.3. The van der Waals surface area contributed by atoms with Crippen molar-refractivity contribution in [3.63, 3.8) is 0 Å². The molecular weight excluding hydrogens is 389 g/mol. The van der Waals surface area contributed by atoms with Gasteiger partial charge in [0.2, 0.25) is 5.78 Å². The summed E-state index contributed by atoms with van der Waals surface area (Å²) in [6.07, 6.45) is 1.44. The summed E-state index contributed by atoms with van der Waals surface area (Å²) < 4.78 is 19.1. The Labute approximate surface area is 172 Å². The number of esters is 1. The van der Waals surface area contributed by atoms with E-state index in [0.29, 0.717) is 16.8 Å². The number of nitrogens with zero attached hydrogens (tertiary/aromatic N) is 1. The highest BCUT2D eigenvalue weighted by Gasteiger charge is 2.22. The van der Waals surface area contributed by atoms with Crippen molar-refractivity contribution in [3.05, 3.63) is 76.5 Å². The Bertz CT molecular complexity index is 1140. The number of carbonyl (C=O) groups is 3. The van der Waals surface area contributed by atoms with Crippen LogP contribution in [0.15, 0.2) is 42.6 Å². The Morgan fingerprint density at radius 2 is 1.87 bits per heavy atom. The molecule has 2 N–H and O–H groups in total. The van der Waals surface area contributed by atoms with Crippen LogP contribution in [0.2, 0.25) is 0 Å². The number of aromatic nitrogens is 2. The van der Waals surface area contributed by atoms with Crippen molar-refractivity contribution in [2.45, 2.75) is 20.8 Å². The number of nitrogens with one attached hydrogen (secondary N) is 2. The van der Waals surface area contributed by atoms with Gasteiger partial charge in [-0.05, 0) is 50.6 Å². The maximum atomic E-state index is 13.9. The van der Waals surface area contributed by atoms with Gasteiger partial charge in [-0.25, -0.2) is 14.2 Å². The molecule has 7 nitrogen and oxygen atoms in total. The molecule has 0 aliphatic carbocycles. The number of benzene rings is 1. The smallest absolute Gasteiger partial charge is 0.342 e. The molecule has 0 saturated heterocycles. The Hall–Kier alpha value is -3.81. The predicted octanol–water partition coefficient (Wildman–Crippen LogP) is 4.15. The van der Waals surface area contributed by atoms with Crippen molar-refractivity contribution < 1.29 is 23.5 Å². The molecule has 0 atom stereocenters. The Balaban J connectivity index is 1.75. The third-order valence-electron chi connectivity index (χ3n) is 4.56. The predicted molar refractivity (Wildman–Crippen MR) is 109 cm³/mol. The molecule has 3 rings (SSSR count). The van der Waals surface area contributed by atoms with E-state index >= 15 is 0 Å². The number of carbonyl (C=O) groups excluding carboxylic acids is 3. The van der Waals surface area contributed by atoms with Crippen LogP contribution < -0.4 is 5.32 Å². The molecule has 0 radical (unpaired) electrons. The maximum Gasteiger partial charge on any atom is 0.342 e. The second-order valence-corrected chi connectivity index (χ2v) is 6.68. The van der Waals surface area contributed by atoms with Crippen molar-refractivity contribution in [1.29, 1.82) is 0 Å². The molecule has 30 heavy (non-hydrogen) atoms. The minimum Gasteiger partial charge on any atom is -0.454 e. The monoisotopic (exact) mass is 409 g/mol. The molecule has 0 spiro atoms. The van der Waals surface area contributed by atoms with Gasteiger partial charge in [0.15, 0.2) is 12.4 Å². The fraction of sp³-hybridized carbons (Fsp3) is 0.182. The van der Waals surface area contributed by atoms with E-state index in [-0.39, 0.29) is 28.5 Å². The number of anilines is 2. The van der Waals surface area contributed by atoms with Crippen molar-refractivity contribution >= 4 is 29.0 Å². The van der Waals surface area contributed by atoms with E-state index in [0.717, 1.165) is 0 Å². The van der Waals surface area contributed by atoms with Gasteiger partial charge in [0, 0.05) is 17.5 Å². The third-order valence-corrected chi connectivity index (χ3v) is 4.56. The molecule has 0 aliphatic rings. The number of Topliss-reactive ketones (excluding diaryl/α,β-unsaturated/α-hetero) is 2. The number of hydrogen-bond acceptors (Lipinski definition) is 6. The Morgan fingerprint density at radius 1 is 1.13 bits per heavy atom. The first-order valence-electron chi connectivity index (χ1n) is 9.16. The molecule has 1 aromatic carbocycles. The van der Waals surface area contributed by atoms with E-state index in [2.05, 4.69) is 15.3 Å². The first kappa shape index (κ1) is 20.9. The summed E-state index contributed by atoms with van der Waals surface area (Å²) in [4.78, 5) is 43.7. The third kappa shape index (κ3) is 4.27. The number of pyridine rings is 1. The highest BCUT2D eigenvalue weighted by atomic mass is 19.1. The highest BCUT2D eigenvalue weighted by Crippen LogP contribution is 2.22. The summed E-state index contributed by atoms with van der Waals surface area (Å²) in [5.41, 5.74) is 1.98. The topological polar surface area (TPSA) is 101 Å². The lowest BCUT2D eigenvalue weighted by molar-refractivity contribution is 0.0474. The van der Waals surface area contributed by atoms with Crippen LogP contribution in [-0.4, -0.2) is 34.1 Å². The van der Waals surface area contributed by atoms with Crippen LogP contribution in [0.1, 0.15) is 49.4 Å². The number of rotatable bonds is 7. The zero-order chi connectivity index (χ0) is 21.8. The zero-order valence-corrected chi connectivity index (χ0v) is 16.7. The van der Waals surface area contributed by atoms with Crippen LogP contribution in [0.5, 0.6) is 0 Å². The molecule has 8 heteroatoms. The van der Waals surface area contributed by atoms with E-state index in [1.165, 1.54) is 37.4 Å². The summed E-state index contributed by atoms with van der Waals surface area (Å²) >= 11 is 0. The molecule has 0 unspecified atom stereocenters. The summed E-state index contributed by atoms with van der Waals surface area (Å²) in [5, 5.41) is 2.76. The molecule has 154 valence electrons. The van der Waals surface area contributed by atoms with E-state index in [1.807, 2.05) is 0 Å². The Morgan fingerprint density at radius 3 is 2.53 bits per heavy atom. The molecule has 0 amide bonds. The molecule has 0 fully saturated rings. The summed E-state index contributed by atoms with van der Waals surface area (Å²) in [6.45, 7) is 4.25. The van der Waals surface area contributed by atoms with E-state index in [4.69, 9.17) is 4.74 Å². The zero-order valence-electron chi connectivity index (χ0n) is 16.7. The molecule has 2 heterocycles. The fourth-order valence-electron chi connectivity index (χ4n) is 3.20. The van der Waals surface area contributed by atoms with Gasteiger partial charge in [-0.3, -0.25) is 9.59 Å². The lowest BCUT2D eigenvalue weighted by Crippen LogP contribution is -2.17. The van der Waals surface area contributed by atoms with E-state index < -0.39 is 24.2 Å². The van der Waals surface area contributed by atoms with E-state index in [9.17, 15) is 18.8 Å². The van der Waals surface area contributed by atoms with Crippen LogP contribution in [0.3, 0.4) is 0 Å². The second-order valence-electron chi connectivity index (χ2n) is 6.68. The first-order valence-corrected chi connectivity index (χ1v) is 9.16. The number of hydrogen-bond donors (Lipinski definition) is 2. The number of para-hydroxylation sites is 1. The van der Waals surface area contributed by atoms with Gasteiger partial charge in [0.05, 0.1) is 11.4 Å². The van der Waals surface area contributed by atoms with Gasteiger partial charge in [0.25, 0.3) is 0 Å². The number of aromatic amines is 1. The van der Waals surface area contributed by atoms with Crippen LogP contribution in [0.4, 0.5) is 15.9 Å². The Kier molecular flexibility index (Phi) is 6.06. The van der Waals surface area contributed by atoms with Crippen LogP contribution >= 0.6 is 0 Å². The van der Waals surface area contributed by atoms with Crippen molar-refractivity contribution in [2.24, 2.45) is 0 Å². The number of aryl methyl sites for hydroxylation is 1. The molecule has 2 aromatic heterocycles. The molecule has 0 saturated carbocycles. The highest BCUT2D eigenvalue weighted by molar-refractivity contribution is 6.04. The van der Waals surface area contributed by atoms with Gasteiger partial charge < -0.3 is 15.0 Å². The van der Waals surface area contributed by atoms with Gasteiger partial charge in [-0.2, -0.15) is 0 Å². The standard InChI is InChI=1S/C22H20FN3O4/c1-12-19(14(3)27)13(2)25-20(12)18(28)11-30-22(29)15-7-6-10-24-21(15)26-17-9-5-4-8-16(17)23/h4-10,25H,11H2,1-3H3,(H,24,26). The van der Waals surface area contributed by atoms with Gasteiger partial charge in [-0.1, -0.05) is 12.1 Å². The van der Waals surface area contributed by atoms with Crippen LogP contribution in [0, 0.1) is 19.7 Å². The van der Waals surface area contributed by atoms with Crippen LogP contribution in [0.25, 0.3) is 0 Å². The largest absolute Gasteiger partial charge is 0.454 e. The summed E-state index contributed by atoms with van der Waals surface area (Å²) in [5.74, 6) is -1.81. The number of halogens is 1. The minimum absolute atomic E-state index is 0.0531. The number of H-pyrrole nitrogens is 1. The molecule has 0 aliphatic heterocycles. The van der Waals surface area contributed by atoms with Gasteiger partial charge in [0.1, 0.15) is 17.2 Å². The molecule has 3 aromatic rings. The van der Waals surface area contributed by atoms with Crippen LogP contribution in [-0.2, 0) is 4.74 Å². The quantitative estimate of drug-likeness (QED) is 0.449. The number of ether oxygens (including phenoxy) is 1. The summed E-state index contributed by atoms with van der Waals surface area (Å²) in [6, 6.07) is 8.95.